The van der Waals surface area contributed by atoms with Gasteiger partial charge < -0.3 is 11.1 Å². The van der Waals surface area contributed by atoms with Gasteiger partial charge in [0.25, 0.3) is 0 Å². The molecule has 0 unspecified atom stereocenters. The number of guanidine groups is 1. The maximum Gasteiger partial charge on any atom is 0.188 e. The van der Waals surface area contributed by atoms with Crippen LogP contribution >= 0.6 is 0 Å². The largest absolute Gasteiger partial charge is 0.370 e. The fourth-order valence-corrected chi connectivity index (χ4v) is 2.62. The van der Waals surface area contributed by atoms with Gasteiger partial charge in [-0.05, 0) is 31.4 Å². The van der Waals surface area contributed by atoms with Crippen molar-refractivity contribution in [3.63, 3.8) is 0 Å². The van der Waals surface area contributed by atoms with Crippen molar-refractivity contribution in [3.05, 3.63) is 48.0 Å². The van der Waals surface area contributed by atoms with Gasteiger partial charge in [0.1, 0.15) is 0 Å². The summed E-state index contributed by atoms with van der Waals surface area (Å²) in [7, 11) is 0. The number of hydrogen-bond donors (Lipinski definition) is 2. The number of aliphatic imine (C=N–C) groups is 1. The summed E-state index contributed by atoms with van der Waals surface area (Å²) in [5.41, 5.74) is 8.74. The first-order valence-corrected chi connectivity index (χ1v) is 7.49. The van der Waals surface area contributed by atoms with Crippen LogP contribution in [0.2, 0.25) is 0 Å². The highest BCUT2D eigenvalue weighted by atomic mass is 15.2. The first-order valence-electron chi connectivity index (χ1n) is 7.49. The molecule has 0 saturated heterocycles. The van der Waals surface area contributed by atoms with Gasteiger partial charge in [0.05, 0.1) is 6.54 Å². The lowest BCUT2D eigenvalue weighted by Gasteiger charge is -2.40. The molecule has 0 fully saturated rings. The van der Waals surface area contributed by atoms with Gasteiger partial charge in [-0.3, -0.25) is 9.89 Å². The molecular weight excluding hydrogens is 260 g/mol. The molecule has 3 N–H and O–H groups in total. The van der Waals surface area contributed by atoms with E-state index in [1.54, 1.807) is 6.08 Å². The van der Waals surface area contributed by atoms with Crippen LogP contribution in [0.4, 0.5) is 0 Å². The Morgan fingerprint density at radius 2 is 2.14 bits per heavy atom. The lowest BCUT2D eigenvalue weighted by molar-refractivity contribution is 0.112. The van der Waals surface area contributed by atoms with E-state index in [1.807, 2.05) is 0 Å². The van der Waals surface area contributed by atoms with Gasteiger partial charge in [0.2, 0.25) is 0 Å². The quantitative estimate of drug-likeness (QED) is 0.494. The Morgan fingerprint density at radius 3 is 2.86 bits per heavy atom. The van der Waals surface area contributed by atoms with Crippen LogP contribution in [0.3, 0.4) is 0 Å². The molecule has 0 spiro atoms. The third-order valence-corrected chi connectivity index (χ3v) is 4.05. The highest BCUT2D eigenvalue weighted by molar-refractivity contribution is 5.77. The molecule has 0 aromatic heterocycles. The Labute approximate surface area is 127 Å². The number of rotatable bonds is 5. The number of benzene rings is 1. The standard InChI is InChI=1S/C17H26N4/c1-4-10-19-16(18)20-13-17(2,3)21-11-9-14-7-5-6-8-15(14)12-21/h4-8H,1,9-13H2,2-3H3,(H3,18,19,20). The molecule has 1 aromatic rings. The minimum Gasteiger partial charge on any atom is -0.370 e. The summed E-state index contributed by atoms with van der Waals surface area (Å²) in [5.74, 6) is 0.486. The topological polar surface area (TPSA) is 53.6 Å². The molecule has 0 bridgehead atoms. The highest BCUT2D eigenvalue weighted by Gasteiger charge is 2.29. The van der Waals surface area contributed by atoms with Crippen molar-refractivity contribution >= 4 is 5.96 Å². The highest BCUT2D eigenvalue weighted by Crippen LogP contribution is 2.25. The molecule has 0 amide bonds. The second kappa shape index (κ2) is 6.76. The molecule has 0 saturated carbocycles. The van der Waals surface area contributed by atoms with Crippen molar-refractivity contribution in [1.29, 1.82) is 0 Å². The zero-order valence-corrected chi connectivity index (χ0v) is 13.1. The summed E-state index contributed by atoms with van der Waals surface area (Å²) in [6.45, 7) is 11.5. The molecule has 21 heavy (non-hydrogen) atoms. The van der Waals surface area contributed by atoms with E-state index >= 15 is 0 Å². The second-order valence-corrected chi connectivity index (χ2v) is 6.12. The third-order valence-electron chi connectivity index (χ3n) is 4.05. The van der Waals surface area contributed by atoms with Gasteiger partial charge in [-0.25, -0.2) is 0 Å². The summed E-state index contributed by atoms with van der Waals surface area (Å²) in [5, 5.41) is 3.01. The van der Waals surface area contributed by atoms with E-state index in [0.717, 1.165) is 19.5 Å². The second-order valence-electron chi connectivity index (χ2n) is 6.12. The Bertz CT molecular complexity index is 519. The van der Waals surface area contributed by atoms with Gasteiger partial charge in [-0.1, -0.05) is 30.3 Å². The van der Waals surface area contributed by atoms with E-state index in [1.165, 1.54) is 11.1 Å². The number of hydrogen-bond acceptors (Lipinski definition) is 2. The van der Waals surface area contributed by atoms with Crippen LogP contribution in [0.25, 0.3) is 0 Å². The predicted molar refractivity (Wildman–Crippen MR) is 89.3 cm³/mol. The molecule has 4 nitrogen and oxygen atoms in total. The minimum absolute atomic E-state index is 0.00594. The van der Waals surface area contributed by atoms with Gasteiger partial charge in [-0.15, -0.1) is 6.58 Å². The van der Waals surface area contributed by atoms with Crippen LogP contribution in [0.5, 0.6) is 0 Å². The van der Waals surface area contributed by atoms with Crippen molar-refractivity contribution in [2.45, 2.75) is 32.4 Å². The Kier molecular flexibility index (Phi) is 5.02. The Hall–Kier alpha value is -1.81. The van der Waals surface area contributed by atoms with Gasteiger partial charge in [0.15, 0.2) is 5.96 Å². The van der Waals surface area contributed by atoms with E-state index in [4.69, 9.17) is 5.73 Å². The lowest BCUT2D eigenvalue weighted by Crippen LogP contribution is -2.49. The molecular formula is C17H26N4. The zero-order valence-electron chi connectivity index (χ0n) is 13.1. The molecule has 0 aliphatic carbocycles. The van der Waals surface area contributed by atoms with Crippen LogP contribution in [-0.2, 0) is 13.0 Å². The van der Waals surface area contributed by atoms with E-state index in [-0.39, 0.29) is 5.54 Å². The van der Waals surface area contributed by atoms with Crippen LogP contribution in [-0.4, -0.2) is 36.0 Å². The first-order chi connectivity index (χ1) is 10.0. The minimum atomic E-state index is -0.00594. The molecule has 4 heteroatoms. The van der Waals surface area contributed by atoms with Crippen molar-refractivity contribution in [3.8, 4) is 0 Å². The maximum atomic E-state index is 5.85. The predicted octanol–water partition coefficient (Wildman–Crippen LogP) is 1.91. The lowest BCUT2D eigenvalue weighted by atomic mass is 9.94. The monoisotopic (exact) mass is 286 g/mol. The molecule has 2 rings (SSSR count). The van der Waals surface area contributed by atoms with Crippen molar-refractivity contribution in [1.82, 2.24) is 10.2 Å². The molecule has 0 radical (unpaired) electrons. The Balaban J connectivity index is 1.99. The third kappa shape index (κ3) is 4.08. The van der Waals surface area contributed by atoms with E-state index in [0.29, 0.717) is 19.0 Å². The molecule has 114 valence electrons. The van der Waals surface area contributed by atoms with Crippen LogP contribution < -0.4 is 11.1 Å². The normalized spacial score (nSPS) is 16.4. The van der Waals surface area contributed by atoms with Gasteiger partial charge in [-0.2, -0.15) is 0 Å². The maximum absolute atomic E-state index is 5.85. The number of nitrogens with one attached hydrogen (secondary N) is 1. The van der Waals surface area contributed by atoms with Crippen LogP contribution in [0.15, 0.2) is 41.9 Å². The van der Waals surface area contributed by atoms with Gasteiger partial charge in [0, 0.05) is 25.2 Å². The van der Waals surface area contributed by atoms with E-state index in [2.05, 4.69) is 59.9 Å². The van der Waals surface area contributed by atoms with Gasteiger partial charge >= 0.3 is 0 Å². The summed E-state index contributed by atoms with van der Waals surface area (Å²) < 4.78 is 0. The first kappa shape index (κ1) is 15.6. The average molecular weight is 286 g/mol. The van der Waals surface area contributed by atoms with Crippen molar-refractivity contribution < 1.29 is 0 Å². The molecule has 1 heterocycles. The van der Waals surface area contributed by atoms with E-state index < -0.39 is 0 Å². The molecule has 1 aliphatic rings. The summed E-state index contributed by atoms with van der Waals surface area (Å²) >= 11 is 0. The van der Waals surface area contributed by atoms with Crippen LogP contribution in [0.1, 0.15) is 25.0 Å². The average Bonchev–Trinajstić information content (AvgIpc) is 2.50. The summed E-state index contributed by atoms with van der Waals surface area (Å²) in [6.07, 6.45) is 2.88. The fraction of sp³-hybridized carbons (Fsp3) is 0.471. The summed E-state index contributed by atoms with van der Waals surface area (Å²) in [4.78, 5) is 6.94. The van der Waals surface area contributed by atoms with Crippen LogP contribution in [0, 0.1) is 0 Å². The number of fused-ring (bicyclic) bond motifs is 1. The molecule has 1 aromatic carbocycles. The summed E-state index contributed by atoms with van der Waals surface area (Å²) in [6, 6.07) is 8.69. The SMILES string of the molecule is C=CCNC(N)=NCC(C)(C)N1CCc2ccccc2C1. The Morgan fingerprint density at radius 1 is 1.43 bits per heavy atom. The molecule has 0 atom stereocenters. The smallest absolute Gasteiger partial charge is 0.188 e. The van der Waals surface area contributed by atoms with E-state index in [9.17, 15) is 0 Å². The zero-order chi connectivity index (χ0) is 15.3. The van der Waals surface area contributed by atoms with Crippen molar-refractivity contribution in [2.75, 3.05) is 19.6 Å². The fourth-order valence-electron chi connectivity index (χ4n) is 2.62. The number of nitrogens with zero attached hydrogens (tertiary/aromatic N) is 2. The van der Waals surface area contributed by atoms with Crippen molar-refractivity contribution in [2.24, 2.45) is 10.7 Å². The number of nitrogens with two attached hydrogens (primary N) is 1. The molecule has 1 aliphatic heterocycles.